The van der Waals surface area contributed by atoms with Crippen LogP contribution in [-0.2, 0) is 4.74 Å². The largest absolute Gasteiger partial charge is 0.360 e. The van der Waals surface area contributed by atoms with Crippen LogP contribution in [0, 0.1) is 11.3 Å². The average Bonchev–Trinajstić information content (AvgIpc) is 2.10. The Balaban J connectivity index is 2.89. The lowest BCUT2D eigenvalue weighted by Crippen LogP contribution is -2.00. The lowest BCUT2D eigenvalue weighted by molar-refractivity contribution is 0.145. The number of hydrogen-bond acceptors (Lipinski definition) is 3. The van der Waals surface area contributed by atoms with Crippen molar-refractivity contribution in [2.24, 2.45) is 0 Å². The summed E-state index contributed by atoms with van der Waals surface area (Å²) >= 11 is 3.25. The van der Waals surface area contributed by atoms with E-state index in [0.29, 0.717) is 5.69 Å². The van der Waals surface area contributed by atoms with E-state index < -0.39 is 6.10 Å². The number of rotatable bonds is 2. The van der Waals surface area contributed by atoms with Crippen LogP contribution in [0.25, 0.3) is 0 Å². The zero-order chi connectivity index (χ0) is 8.97. The highest BCUT2D eigenvalue weighted by atomic mass is 79.9. The zero-order valence-corrected chi connectivity index (χ0v) is 8.08. The van der Waals surface area contributed by atoms with Gasteiger partial charge in [0.15, 0.2) is 6.10 Å². The molecule has 0 amide bonds. The SMILES string of the molecule is COC(C#N)c1ccc(Br)cn1. The molecule has 0 bridgehead atoms. The second-order valence-electron chi connectivity index (χ2n) is 2.15. The Morgan fingerprint density at radius 1 is 1.67 bits per heavy atom. The third-order valence-electron chi connectivity index (χ3n) is 1.37. The van der Waals surface area contributed by atoms with Crippen LogP contribution in [-0.4, -0.2) is 12.1 Å². The van der Waals surface area contributed by atoms with E-state index in [1.165, 1.54) is 7.11 Å². The van der Waals surface area contributed by atoms with Gasteiger partial charge in [0.25, 0.3) is 0 Å². The molecule has 1 heterocycles. The maximum absolute atomic E-state index is 8.62. The van der Waals surface area contributed by atoms with E-state index in [2.05, 4.69) is 20.9 Å². The summed E-state index contributed by atoms with van der Waals surface area (Å²) in [6.45, 7) is 0. The van der Waals surface area contributed by atoms with Crippen molar-refractivity contribution in [3.63, 3.8) is 0 Å². The van der Waals surface area contributed by atoms with Crippen molar-refractivity contribution < 1.29 is 4.74 Å². The Morgan fingerprint density at radius 2 is 2.42 bits per heavy atom. The van der Waals surface area contributed by atoms with E-state index in [1.54, 1.807) is 12.3 Å². The number of ether oxygens (including phenoxy) is 1. The van der Waals surface area contributed by atoms with Gasteiger partial charge in [0.2, 0.25) is 0 Å². The second-order valence-corrected chi connectivity index (χ2v) is 3.06. The highest BCUT2D eigenvalue weighted by Gasteiger charge is 2.08. The van der Waals surface area contributed by atoms with Crippen LogP contribution in [0.5, 0.6) is 0 Å². The minimum Gasteiger partial charge on any atom is -0.360 e. The summed E-state index contributed by atoms with van der Waals surface area (Å²) in [4.78, 5) is 4.03. The monoisotopic (exact) mass is 226 g/mol. The van der Waals surface area contributed by atoms with E-state index in [-0.39, 0.29) is 0 Å². The molecule has 1 aromatic rings. The second kappa shape index (κ2) is 4.19. The summed E-state index contributed by atoms with van der Waals surface area (Å²) in [5.41, 5.74) is 0.628. The zero-order valence-electron chi connectivity index (χ0n) is 6.49. The summed E-state index contributed by atoms with van der Waals surface area (Å²) in [5.74, 6) is 0. The molecular formula is C8H7BrN2O. The number of aromatic nitrogens is 1. The minimum atomic E-state index is -0.571. The fourth-order valence-electron chi connectivity index (χ4n) is 0.782. The van der Waals surface area contributed by atoms with E-state index in [1.807, 2.05) is 12.1 Å². The van der Waals surface area contributed by atoms with Gasteiger partial charge in [0, 0.05) is 17.8 Å². The third-order valence-corrected chi connectivity index (χ3v) is 1.84. The predicted molar refractivity (Wildman–Crippen MR) is 47.3 cm³/mol. The molecule has 12 heavy (non-hydrogen) atoms. The summed E-state index contributed by atoms with van der Waals surface area (Å²) < 4.78 is 5.77. The molecule has 1 unspecified atom stereocenters. The van der Waals surface area contributed by atoms with Crippen LogP contribution < -0.4 is 0 Å². The maximum Gasteiger partial charge on any atom is 0.185 e. The van der Waals surface area contributed by atoms with Gasteiger partial charge in [-0.2, -0.15) is 5.26 Å². The summed E-state index contributed by atoms with van der Waals surface area (Å²) in [7, 11) is 1.48. The number of methoxy groups -OCH3 is 1. The first kappa shape index (κ1) is 9.17. The molecular weight excluding hydrogens is 220 g/mol. The van der Waals surface area contributed by atoms with Crippen molar-refractivity contribution in [3.8, 4) is 6.07 Å². The molecule has 0 aromatic carbocycles. The molecule has 0 spiro atoms. The smallest absolute Gasteiger partial charge is 0.185 e. The standard InChI is InChI=1S/C8H7BrN2O/c1-12-8(4-10)7-3-2-6(9)5-11-7/h2-3,5,8H,1H3. The van der Waals surface area contributed by atoms with Crippen LogP contribution in [0.4, 0.5) is 0 Å². The normalized spacial score (nSPS) is 12.1. The molecule has 0 aliphatic rings. The van der Waals surface area contributed by atoms with E-state index in [4.69, 9.17) is 10.00 Å². The predicted octanol–water partition coefficient (Wildman–Crippen LogP) is 2.06. The maximum atomic E-state index is 8.62. The van der Waals surface area contributed by atoms with E-state index >= 15 is 0 Å². The van der Waals surface area contributed by atoms with Gasteiger partial charge in [0.1, 0.15) is 6.07 Å². The summed E-state index contributed by atoms with van der Waals surface area (Å²) in [6, 6.07) is 5.56. The van der Waals surface area contributed by atoms with Gasteiger partial charge in [0.05, 0.1) is 5.69 Å². The summed E-state index contributed by atoms with van der Waals surface area (Å²) in [6.07, 6.45) is 1.07. The topological polar surface area (TPSA) is 45.9 Å². The van der Waals surface area contributed by atoms with Gasteiger partial charge in [-0.25, -0.2) is 0 Å². The van der Waals surface area contributed by atoms with Crippen LogP contribution in [0.15, 0.2) is 22.8 Å². The van der Waals surface area contributed by atoms with Crippen molar-refractivity contribution in [1.29, 1.82) is 5.26 Å². The number of hydrogen-bond donors (Lipinski definition) is 0. The molecule has 0 saturated heterocycles. The van der Waals surface area contributed by atoms with Crippen LogP contribution >= 0.6 is 15.9 Å². The van der Waals surface area contributed by atoms with Crippen LogP contribution in [0.1, 0.15) is 11.8 Å². The molecule has 62 valence electrons. The van der Waals surface area contributed by atoms with Crippen molar-refractivity contribution >= 4 is 15.9 Å². The minimum absolute atomic E-state index is 0.571. The fourth-order valence-corrected chi connectivity index (χ4v) is 1.02. The van der Waals surface area contributed by atoms with Crippen molar-refractivity contribution in [1.82, 2.24) is 4.98 Å². The molecule has 1 rings (SSSR count). The Kier molecular flexibility index (Phi) is 3.20. The van der Waals surface area contributed by atoms with Crippen LogP contribution in [0.3, 0.4) is 0 Å². The first-order valence-electron chi connectivity index (χ1n) is 3.32. The Hall–Kier alpha value is -0.920. The fraction of sp³-hybridized carbons (Fsp3) is 0.250. The van der Waals surface area contributed by atoms with Gasteiger partial charge >= 0.3 is 0 Å². The lowest BCUT2D eigenvalue weighted by atomic mass is 10.2. The van der Waals surface area contributed by atoms with Crippen molar-refractivity contribution in [2.45, 2.75) is 6.10 Å². The highest BCUT2D eigenvalue weighted by Crippen LogP contribution is 2.15. The number of pyridine rings is 1. The Bertz CT molecular complexity index is 291. The first-order valence-corrected chi connectivity index (χ1v) is 4.11. The Labute approximate surface area is 79.1 Å². The molecule has 1 aromatic heterocycles. The van der Waals surface area contributed by atoms with Crippen molar-refractivity contribution in [2.75, 3.05) is 7.11 Å². The van der Waals surface area contributed by atoms with Gasteiger partial charge in [-0.1, -0.05) is 0 Å². The molecule has 0 aliphatic heterocycles. The van der Waals surface area contributed by atoms with Gasteiger partial charge in [-0.3, -0.25) is 4.98 Å². The number of nitrogens with zero attached hydrogens (tertiary/aromatic N) is 2. The molecule has 0 saturated carbocycles. The molecule has 3 nitrogen and oxygen atoms in total. The molecule has 0 fully saturated rings. The average molecular weight is 227 g/mol. The Morgan fingerprint density at radius 3 is 2.83 bits per heavy atom. The number of nitriles is 1. The molecule has 0 radical (unpaired) electrons. The molecule has 1 atom stereocenters. The van der Waals surface area contributed by atoms with Gasteiger partial charge in [-0.15, -0.1) is 0 Å². The van der Waals surface area contributed by atoms with Crippen LogP contribution in [0.2, 0.25) is 0 Å². The van der Waals surface area contributed by atoms with Gasteiger partial charge in [-0.05, 0) is 28.1 Å². The first-order chi connectivity index (χ1) is 5.77. The van der Waals surface area contributed by atoms with E-state index in [9.17, 15) is 0 Å². The highest BCUT2D eigenvalue weighted by molar-refractivity contribution is 9.10. The molecule has 4 heteroatoms. The molecule has 0 aliphatic carbocycles. The molecule has 0 N–H and O–H groups in total. The third kappa shape index (κ3) is 2.03. The quantitative estimate of drug-likeness (QED) is 0.776. The van der Waals surface area contributed by atoms with E-state index in [0.717, 1.165) is 4.47 Å². The van der Waals surface area contributed by atoms with Crippen molar-refractivity contribution in [3.05, 3.63) is 28.5 Å². The lowest BCUT2D eigenvalue weighted by Gasteiger charge is -2.04. The van der Waals surface area contributed by atoms with Gasteiger partial charge < -0.3 is 4.74 Å². The summed E-state index contributed by atoms with van der Waals surface area (Å²) in [5, 5.41) is 8.62. The number of halogens is 1.